The fourth-order valence-electron chi connectivity index (χ4n) is 2.35. The van der Waals surface area contributed by atoms with Crippen LogP contribution in [0.5, 0.6) is 0 Å². The molecule has 1 heterocycles. The molecule has 1 aromatic heterocycles. The lowest BCUT2D eigenvalue weighted by atomic mass is 9.86. The van der Waals surface area contributed by atoms with Crippen molar-refractivity contribution >= 4 is 17.4 Å². The normalized spacial score (nSPS) is 12.5. The van der Waals surface area contributed by atoms with Gasteiger partial charge in [-0.25, -0.2) is 9.97 Å². The standard InChI is InChI=1S/C19H26N4O/c1-6-13(2)22-17-11-16(20-12-21-17)18(24)23-15-10-8-7-9-14(15)19(3,4)5/h7-13H,6H2,1-5H3,(H,23,24)(H,20,21,22). The summed E-state index contributed by atoms with van der Waals surface area (Å²) in [6.45, 7) is 10.5. The van der Waals surface area contributed by atoms with Gasteiger partial charge in [-0.1, -0.05) is 45.9 Å². The molecule has 0 spiro atoms. The molecule has 0 aliphatic carbocycles. The van der Waals surface area contributed by atoms with Crippen molar-refractivity contribution in [1.82, 2.24) is 9.97 Å². The van der Waals surface area contributed by atoms with Crippen molar-refractivity contribution < 1.29 is 4.79 Å². The second-order valence-electron chi connectivity index (χ2n) is 6.99. The number of benzene rings is 1. The highest BCUT2D eigenvalue weighted by molar-refractivity contribution is 6.03. The van der Waals surface area contributed by atoms with Gasteiger partial charge in [-0.15, -0.1) is 0 Å². The van der Waals surface area contributed by atoms with E-state index in [0.717, 1.165) is 17.7 Å². The van der Waals surface area contributed by atoms with Crippen molar-refractivity contribution in [2.24, 2.45) is 0 Å². The van der Waals surface area contributed by atoms with Gasteiger partial charge >= 0.3 is 0 Å². The molecule has 128 valence electrons. The quantitative estimate of drug-likeness (QED) is 0.862. The van der Waals surface area contributed by atoms with E-state index in [9.17, 15) is 4.79 Å². The molecule has 1 atom stereocenters. The van der Waals surface area contributed by atoms with Crippen LogP contribution in [0.3, 0.4) is 0 Å². The Morgan fingerprint density at radius 2 is 1.92 bits per heavy atom. The van der Waals surface area contributed by atoms with Gasteiger partial charge in [0.2, 0.25) is 0 Å². The molecule has 1 unspecified atom stereocenters. The molecule has 2 rings (SSSR count). The molecule has 0 fully saturated rings. The van der Waals surface area contributed by atoms with Gasteiger partial charge < -0.3 is 10.6 Å². The highest BCUT2D eigenvalue weighted by Crippen LogP contribution is 2.29. The largest absolute Gasteiger partial charge is 0.368 e. The molecule has 0 saturated carbocycles. The molecule has 5 heteroatoms. The lowest BCUT2D eigenvalue weighted by Crippen LogP contribution is -2.20. The molecular weight excluding hydrogens is 300 g/mol. The van der Waals surface area contributed by atoms with Crippen LogP contribution in [0.4, 0.5) is 11.5 Å². The van der Waals surface area contributed by atoms with E-state index < -0.39 is 0 Å². The third kappa shape index (κ3) is 4.54. The summed E-state index contributed by atoms with van der Waals surface area (Å²) in [7, 11) is 0. The first-order valence-corrected chi connectivity index (χ1v) is 8.30. The molecule has 0 radical (unpaired) electrons. The van der Waals surface area contributed by atoms with Gasteiger partial charge in [0, 0.05) is 17.8 Å². The number of hydrogen-bond donors (Lipinski definition) is 2. The highest BCUT2D eigenvalue weighted by atomic mass is 16.1. The van der Waals surface area contributed by atoms with E-state index in [1.165, 1.54) is 6.33 Å². The number of para-hydroxylation sites is 1. The average molecular weight is 326 g/mol. The van der Waals surface area contributed by atoms with Gasteiger partial charge in [0.05, 0.1) is 0 Å². The number of anilines is 2. The lowest BCUT2D eigenvalue weighted by Gasteiger charge is -2.23. The van der Waals surface area contributed by atoms with E-state index in [0.29, 0.717) is 11.5 Å². The zero-order chi connectivity index (χ0) is 17.7. The van der Waals surface area contributed by atoms with Gasteiger partial charge in [-0.05, 0) is 30.4 Å². The molecule has 0 aliphatic rings. The molecule has 0 saturated heterocycles. The predicted molar refractivity (Wildman–Crippen MR) is 98.5 cm³/mol. The maximum absolute atomic E-state index is 12.6. The number of carbonyl (C=O) groups excluding carboxylic acids is 1. The van der Waals surface area contributed by atoms with Crippen molar-refractivity contribution in [2.45, 2.75) is 52.5 Å². The van der Waals surface area contributed by atoms with Crippen molar-refractivity contribution in [2.75, 3.05) is 10.6 Å². The Bertz CT molecular complexity index is 707. The first kappa shape index (κ1) is 17.9. The summed E-state index contributed by atoms with van der Waals surface area (Å²) < 4.78 is 0. The Kier molecular flexibility index (Phi) is 5.54. The van der Waals surface area contributed by atoms with Crippen LogP contribution in [0.25, 0.3) is 0 Å². The summed E-state index contributed by atoms with van der Waals surface area (Å²) in [6, 6.07) is 9.82. The Hall–Kier alpha value is -2.43. The second kappa shape index (κ2) is 7.43. The van der Waals surface area contributed by atoms with E-state index in [-0.39, 0.29) is 17.4 Å². The number of amides is 1. The number of carbonyl (C=O) groups is 1. The van der Waals surface area contributed by atoms with Crippen LogP contribution in [0.15, 0.2) is 36.7 Å². The molecule has 0 aliphatic heterocycles. The third-order valence-corrected chi connectivity index (χ3v) is 3.89. The number of nitrogens with zero attached hydrogens (tertiary/aromatic N) is 2. The summed E-state index contributed by atoms with van der Waals surface area (Å²) in [5, 5.41) is 6.23. The van der Waals surface area contributed by atoms with E-state index >= 15 is 0 Å². The molecule has 5 nitrogen and oxygen atoms in total. The van der Waals surface area contributed by atoms with Crippen LogP contribution in [-0.2, 0) is 5.41 Å². The summed E-state index contributed by atoms with van der Waals surface area (Å²) in [5.74, 6) is 0.426. The first-order valence-electron chi connectivity index (χ1n) is 8.30. The number of aromatic nitrogens is 2. The predicted octanol–water partition coefficient (Wildman–Crippen LogP) is 4.24. The van der Waals surface area contributed by atoms with Crippen molar-refractivity contribution in [3.8, 4) is 0 Å². The van der Waals surface area contributed by atoms with Crippen molar-refractivity contribution in [3.05, 3.63) is 47.9 Å². The number of nitrogens with one attached hydrogen (secondary N) is 2. The Morgan fingerprint density at radius 1 is 1.21 bits per heavy atom. The van der Waals surface area contributed by atoms with Gasteiger partial charge in [0.15, 0.2) is 0 Å². The molecule has 1 amide bonds. The van der Waals surface area contributed by atoms with Crippen LogP contribution < -0.4 is 10.6 Å². The minimum atomic E-state index is -0.235. The van der Waals surface area contributed by atoms with Crippen LogP contribution >= 0.6 is 0 Å². The molecule has 24 heavy (non-hydrogen) atoms. The van der Waals surface area contributed by atoms with Gasteiger partial charge in [0.25, 0.3) is 5.91 Å². The first-order chi connectivity index (χ1) is 11.3. The summed E-state index contributed by atoms with van der Waals surface area (Å²) in [5.41, 5.74) is 2.19. The zero-order valence-electron chi connectivity index (χ0n) is 15.1. The molecule has 2 N–H and O–H groups in total. The summed E-state index contributed by atoms with van der Waals surface area (Å²) in [6.07, 6.45) is 2.39. The van der Waals surface area contributed by atoms with Crippen LogP contribution in [0.1, 0.15) is 57.1 Å². The van der Waals surface area contributed by atoms with Crippen LogP contribution in [0.2, 0.25) is 0 Å². The molecular formula is C19H26N4O. The van der Waals surface area contributed by atoms with Gasteiger partial charge in [0.1, 0.15) is 17.8 Å². The zero-order valence-corrected chi connectivity index (χ0v) is 15.1. The van der Waals surface area contributed by atoms with E-state index in [2.05, 4.69) is 55.2 Å². The smallest absolute Gasteiger partial charge is 0.274 e. The average Bonchev–Trinajstić information content (AvgIpc) is 2.54. The maximum atomic E-state index is 12.6. The van der Waals surface area contributed by atoms with Crippen molar-refractivity contribution in [1.29, 1.82) is 0 Å². The second-order valence-corrected chi connectivity index (χ2v) is 6.99. The Labute approximate surface area is 143 Å². The molecule has 1 aromatic carbocycles. The number of rotatable bonds is 5. The minimum absolute atomic E-state index is 0.0567. The fourth-order valence-corrected chi connectivity index (χ4v) is 2.35. The van der Waals surface area contributed by atoms with Gasteiger partial charge in [-0.2, -0.15) is 0 Å². The summed E-state index contributed by atoms with van der Waals surface area (Å²) >= 11 is 0. The van der Waals surface area contributed by atoms with E-state index in [1.807, 2.05) is 24.3 Å². The van der Waals surface area contributed by atoms with Gasteiger partial charge in [-0.3, -0.25) is 4.79 Å². The molecule has 2 aromatic rings. The monoisotopic (exact) mass is 326 g/mol. The fraction of sp³-hybridized carbons (Fsp3) is 0.421. The highest BCUT2D eigenvalue weighted by Gasteiger charge is 2.19. The van der Waals surface area contributed by atoms with Crippen LogP contribution in [-0.4, -0.2) is 21.9 Å². The number of hydrogen-bond acceptors (Lipinski definition) is 4. The maximum Gasteiger partial charge on any atom is 0.274 e. The lowest BCUT2D eigenvalue weighted by molar-refractivity contribution is 0.102. The van der Waals surface area contributed by atoms with Crippen molar-refractivity contribution in [3.63, 3.8) is 0 Å². The third-order valence-electron chi connectivity index (χ3n) is 3.89. The van der Waals surface area contributed by atoms with Crippen LogP contribution in [0, 0.1) is 0 Å². The molecule has 0 bridgehead atoms. The Morgan fingerprint density at radius 3 is 2.58 bits per heavy atom. The minimum Gasteiger partial charge on any atom is -0.368 e. The SMILES string of the molecule is CCC(C)Nc1cc(C(=O)Nc2ccccc2C(C)(C)C)ncn1. The van der Waals surface area contributed by atoms with E-state index in [1.54, 1.807) is 6.07 Å². The Balaban J connectivity index is 2.21. The summed E-state index contributed by atoms with van der Waals surface area (Å²) in [4.78, 5) is 20.8. The topological polar surface area (TPSA) is 66.9 Å². The van der Waals surface area contributed by atoms with E-state index in [4.69, 9.17) is 0 Å².